The lowest BCUT2D eigenvalue weighted by Crippen LogP contribution is -2.34. The number of rotatable bonds is 4. The SMILES string of the molecule is Cc1cc2c(c(-c3ccc4nc(C)ccc4c3)c1)O[C@H](CNC(=O)c1cc(C)n(C)n1)C2. The van der Waals surface area contributed by atoms with Crippen LogP contribution in [-0.2, 0) is 13.5 Å². The standard InChI is InChI=1S/C26H26N4O2/c1-15-9-20-13-21(14-27-26(31)24-11-17(3)30(4)29-24)32-25(20)22(10-15)18-7-8-23-19(12-18)6-5-16(2)28-23/h5-12,21H,13-14H2,1-4H3,(H,27,31)/t21-/m0/s1. The van der Waals surface area contributed by atoms with Gasteiger partial charge in [-0.3, -0.25) is 14.5 Å². The number of pyridine rings is 1. The number of carbonyl (C=O) groups is 1. The molecule has 0 bridgehead atoms. The Morgan fingerprint density at radius 2 is 1.97 bits per heavy atom. The first-order valence-corrected chi connectivity index (χ1v) is 10.8. The van der Waals surface area contributed by atoms with Crippen molar-refractivity contribution in [3.05, 3.63) is 76.7 Å². The van der Waals surface area contributed by atoms with E-state index in [-0.39, 0.29) is 12.0 Å². The van der Waals surface area contributed by atoms with Gasteiger partial charge in [0.05, 0.1) is 12.1 Å². The minimum absolute atomic E-state index is 0.107. The second kappa shape index (κ2) is 7.79. The second-order valence-electron chi connectivity index (χ2n) is 8.61. The minimum atomic E-state index is -0.179. The molecule has 0 fully saturated rings. The largest absolute Gasteiger partial charge is 0.487 e. The molecular weight excluding hydrogens is 400 g/mol. The van der Waals surface area contributed by atoms with Crippen molar-refractivity contribution < 1.29 is 9.53 Å². The maximum atomic E-state index is 12.5. The van der Waals surface area contributed by atoms with Crippen LogP contribution in [0.3, 0.4) is 0 Å². The molecule has 0 unspecified atom stereocenters. The van der Waals surface area contributed by atoms with Gasteiger partial charge >= 0.3 is 0 Å². The minimum Gasteiger partial charge on any atom is -0.487 e. The molecule has 6 nitrogen and oxygen atoms in total. The molecule has 1 aliphatic heterocycles. The number of benzene rings is 2. The van der Waals surface area contributed by atoms with Crippen LogP contribution in [0.4, 0.5) is 0 Å². The first-order chi connectivity index (χ1) is 15.4. The lowest BCUT2D eigenvalue weighted by Gasteiger charge is -2.14. The summed E-state index contributed by atoms with van der Waals surface area (Å²) >= 11 is 0. The Kier molecular flexibility index (Phi) is 4.93. The predicted molar refractivity (Wildman–Crippen MR) is 125 cm³/mol. The van der Waals surface area contributed by atoms with Crippen LogP contribution in [0.1, 0.15) is 33.0 Å². The molecule has 0 saturated heterocycles. The number of nitrogens with zero attached hydrogens (tertiary/aromatic N) is 3. The molecule has 0 aliphatic carbocycles. The summed E-state index contributed by atoms with van der Waals surface area (Å²) in [5, 5.41) is 8.33. The van der Waals surface area contributed by atoms with Crippen molar-refractivity contribution in [3.8, 4) is 16.9 Å². The van der Waals surface area contributed by atoms with Gasteiger partial charge in [-0.05, 0) is 67.8 Å². The number of carbonyl (C=O) groups excluding carboxylic acids is 1. The summed E-state index contributed by atoms with van der Waals surface area (Å²) in [6, 6.07) is 16.6. The number of nitrogens with one attached hydrogen (secondary N) is 1. The van der Waals surface area contributed by atoms with E-state index in [0.717, 1.165) is 45.6 Å². The highest BCUT2D eigenvalue weighted by Gasteiger charge is 2.27. The van der Waals surface area contributed by atoms with E-state index in [2.05, 4.69) is 58.7 Å². The van der Waals surface area contributed by atoms with E-state index < -0.39 is 0 Å². The Hall–Kier alpha value is -3.67. The molecule has 1 atom stereocenters. The van der Waals surface area contributed by atoms with Gasteiger partial charge in [-0.2, -0.15) is 5.10 Å². The molecule has 1 amide bonds. The molecule has 1 N–H and O–H groups in total. The highest BCUT2D eigenvalue weighted by atomic mass is 16.5. The van der Waals surface area contributed by atoms with Crippen LogP contribution in [0.5, 0.6) is 5.75 Å². The topological polar surface area (TPSA) is 69.0 Å². The normalized spacial score (nSPS) is 14.9. The fourth-order valence-electron chi connectivity index (χ4n) is 4.28. The number of hydrogen-bond acceptors (Lipinski definition) is 4. The van der Waals surface area contributed by atoms with Gasteiger partial charge in [0.1, 0.15) is 17.5 Å². The lowest BCUT2D eigenvalue weighted by atomic mass is 9.97. The van der Waals surface area contributed by atoms with Crippen molar-refractivity contribution in [3.63, 3.8) is 0 Å². The first kappa shape index (κ1) is 20.2. The van der Waals surface area contributed by atoms with Crippen LogP contribution >= 0.6 is 0 Å². The zero-order chi connectivity index (χ0) is 22.4. The summed E-state index contributed by atoms with van der Waals surface area (Å²) in [6.45, 7) is 6.47. The van der Waals surface area contributed by atoms with Crippen LogP contribution in [-0.4, -0.2) is 33.3 Å². The number of fused-ring (bicyclic) bond motifs is 2. The second-order valence-corrected chi connectivity index (χ2v) is 8.61. The first-order valence-electron chi connectivity index (χ1n) is 10.8. The van der Waals surface area contributed by atoms with E-state index in [1.807, 2.05) is 27.0 Å². The number of aromatic nitrogens is 3. The molecule has 4 aromatic rings. The van der Waals surface area contributed by atoms with Crippen molar-refractivity contribution in [2.75, 3.05) is 6.54 Å². The highest BCUT2D eigenvalue weighted by molar-refractivity contribution is 5.92. The van der Waals surface area contributed by atoms with Crippen molar-refractivity contribution in [2.45, 2.75) is 33.3 Å². The Balaban J connectivity index is 1.37. The molecule has 2 aromatic heterocycles. The van der Waals surface area contributed by atoms with Gasteiger partial charge in [-0.1, -0.05) is 18.2 Å². The van der Waals surface area contributed by atoms with E-state index in [9.17, 15) is 4.79 Å². The van der Waals surface area contributed by atoms with Crippen molar-refractivity contribution >= 4 is 16.8 Å². The summed E-state index contributed by atoms with van der Waals surface area (Å²) in [4.78, 5) is 17.1. The fourth-order valence-corrected chi connectivity index (χ4v) is 4.28. The van der Waals surface area contributed by atoms with Gasteiger partial charge in [0.25, 0.3) is 5.91 Å². The van der Waals surface area contributed by atoms with E-state index >= 15 is 0 Å². The summed E-state index contributed by atoms with van der Waals surface area (Å²) in [5.41, 5.74) is 7.93. The van der Waals surface area contributed by atoms with Crippen molar-refractivity contribution in [1.82, 2.24) is 20.1 Å². The van der Waals surface area contributed by atoms with E-state index in [4.69, 9.17) is 4.74 Å². The van der Waals surface area contributed by atoms with Crippen LogP contribution in [0.15, 0.2) is 48.5 Å². The van der Waals surface area contributed by atoms with Crippen molar-refractivity contribution in [1.29, 1.82) is 0 Å². The third-order valence-electron chi connectivity index (χ3n) is 6.02. The van der Waals surface area contributed by atoms with Gasteiger partial charge < -0.3 is 10.1 Å². The molecule has 1 aliphatic rings. The molecule has 5 rings (SSSR count). The fraction of sp³-hybridized carbons (Fsp3) is 0.269. The molecule has 0 saturated carbocycles. The van der Waals surface area contributed by atoms with Gasteiger partial charge in [-0.15, -0.1) is 0 Å². The Morgan fingerprint density at radius 3 is 2.75 bits per heavy atom. The maximum absolute atomic E-state index is 12.5. The Morgan fingerprint density at radius 1 is 1.12 bits per heavy atom. The summed E-state index contributed by atoms with van der Waals surface area (Å²) in [5.74, 6) is 0.727. The summed E-state index contributed by atoms with van der Waals surface area (Å²) in [7, 11) is 1.83. The zero-order valence-electron chi connectivity index (χ0n) is 18.8. The average Bonchev–Trinajstić information content (AvgIpc) is 3.33. The van der Waals surface area contributed by atoms with Gasteiger partial charge in [0.15, 0.2) is 0 Å². The quantitative estimate of drug-likeness (QED) is 0.528. The highest BCUT2D eigenvalue weighted by Crippen LogP contribution is 2.40. The lowest BCUT2D eigenvalue weighted by molar-refractivity contribution is 0.0928. The molecule has 6 heteroatoms. The molecule has 32 heavy (non-hydrogen) atoms. The van der Waals surface area contributed by atoms with Gasteiger partial charge in [0.2, 0.25) is 0 Å². The predicted octanol–water partition coefficient (Wildman–Crippen LogP) is 4.29. The summed E-state index contributed by atoms with van der Waals surface area (Å²) < 4.78 is 8.04. The smallest absolute Gasteiger partial charge is 0.271 e. The third kappa shape index (κ3) is 3.73. The van der Waals surface area contributed by atoms with Crippen LogP contribution < -0.4 is 10.1 Å². The average molecular weight is 427 g/mol. The van der Waals surface area contributed by atoms with Gasteiger partial charge in [-0.25, -0.2) is 0 Å². The van der Waals surface area contributed by atoms with Crippen LogP contribution in [0, 0.1) is 20.8 Å². The van der Waals surface area contributed by atoms with Gasteiger partial charge in [0, 0.05) is 35.8 Å². The third-order valence-corrected chi connectivity index (χ3v) is 6.02. The number of hydrogen-bond donors (Lipinski definition) is 1. The van der Waals surface area contributed by atoms with Crippen LogP contribution in [0.25, 0.3) is 22.0 Å². The van der Waals surface area contributed by atoms with E-state index in [1.165, 1.54) is 11.1 Å². The van der Waals surface area contributed by atoms with Crippen molar-refractivity contribution in [2.24, 2.45) is 7.05 Å². The maximum Gasteiger partial charge on any atom is 0.271 e. The molecule has 0 radical (unpaired) electrons. The molecule has 162 valence electrons. The molecule has 2 aromatic carbocycles. The number of aryl methyl sites for hydroxylation is 4. The monoisotopic (exact) mass is 426 g/mol. The Labute approximate surface area is 187 Å². The van der Waals surface area contributed by atoms with E-state index in [1.54, 1.807) is 10.7 Å². The summed E-state index contributed by atoms with van der Waals surface area (Å²) in [6.07, 6.45) is 0.656. The number of ether oxygens (including phenoxy) is 1. The molecule has 3 heterocycles. The zero-order valence-corrected chi connectivity index (χ0v) is 18.8. The van der Waals surface area contributed by atoms with Crippen LogP contribution in [0.2, 0.25) is 0 Å². The number of amides is 1. The molecule has 0 spiro atoms. The Bertz CT molecular complexity index is 1340. The molecular formula is C26H26N4O2. The van der Waals surface area contributed by atoms with E-state index in [0.29, 0.717) is 12.2 Å².